The quantitative estimate of drug-likeness (QED) is 0.472. The monoisotopic (exact) mass is 421 g/mol. The largest absolute Gasteiger partial charge is 0.383 e. The Balaban J connectivity index is 1.43. The van der Waals surface area contributed by atoms with Gasteiger partial charge in [0, 0.05) is 38.1 Å². The van der Waals surface area contributed by atoms with Crippen LogP contribution in [0, 0.1) is 0 Å². The van der Waals surface area contributed by atoms with Crippen LogP contribution in [-0.4, -0.2) is 55.2 Å². The third-order valence-electron chi connectivity index (χ3n) is 4.44. The van der Waals surface area contributed by atoms with E-state index in [1.807, 2.05) is 12.1 Å². The number of carbonyl (C=O) groups is 1. The molecule has 1 aromatic carbocycles. The standard InChI is InChI=1S/C19H27N5O2S2/c1-26-13-10-20-18-22-23-19(28-18)27-14-17(25)21-15-6-8-16(9-7-15)24-11-4-2-3-5-12-24/h6-9H,2-5,10-14H2,1H3,(H,20,22)(H,21,25). The average Bonchev–Trinajstić information content (AvgIpc) is 2.98. The van der Waals surface area contributed by atoms with Gasteiger partial charge in [-0.3, -0.25) is 4.79 Å². The fourth-order valence-electron chi connectivity index (χ4n) is 3.01. The first-order valence-corrected chi connectivity index (χ1v) is 11.4. The molecule has 1 aliphatic heterocycles. The Labute approximate surface area is 174 Å². The second-order valence-corrected chi connectivity index (χ2v) is 8.78. The number of nitrogens with one attached hydrogen (secondary N) is 2. The fourth-order valence-corrected chi connectivity index (χ4v) is 4.59. The molecule has 3 rings (SSSR count). The number of carbonyl (C=O) groups excluding carboxylic acids is 1. The molecule has 0 radical (unpaired) electrons. The summed E-state index contributed by atoms with van der Waals surface area (Å²) in [6.45, 7) is 3.53. The van der Waals surface area contributed by atoms with Crippen LogP contribution < -0.4 is 15.5 Å². The van der Waals surface area contributed by atoms with Gasteiger partial charge in [0.2, 0.25) is 11.0 Å². The lowest BCUT2D eigenvalue weighted by Gasteiger charge is -2.22. The average molecular weight is 422 g/mol. The molecule has 1 saturated heterocycles. The zero-order chi connectivity index (χ0) is 19.6. The van der Waals surface area contributed by atoms with Crippen molar-refractivity contribution < 1.29 is 9.53 Å². The Morgan fingerprint density at radius 2 is 1.93 bits per heavy atom. The van der Waals surface area contributed by atoms with Crippen molar-refractivity contribution in [3.63, 3.8) is 0 Å². The van der Waals surface area contributed by atoms with Gasteiger partial charge >= 0.3 is 0 Å². The van der Waals surface area contributed by atoms with Gasteiger partial charge in [0.15, 0.2) is 4.34 Å². The number of amides is 1. The molecule has 1 fully saturated rings. The van der Waals surface area contributed by atoms with Crippen LogP contribution >= 0.6 is 23.1 Å². The lowest BCUT2D eigenvalue weighted by atomic mass is 10.2. The highest BCUT2D eigenvalue weighted by atomic mass is 32.2. The summed E-state index contributed by atoms with van der Waals surface area (Å²) in [6.07, 6.45) is 5.15. The summed E-state index contributed by atoms with van der Waals surface area (Å²) in [6, 6.07) is 8.14. The molecule has 1 amide bonds. The van der Waals surface area contributed by atoms with Crippen molar-refractivity contribution in [3.05, 3.63) is 24.3 Å². The van der Waals surface area contributed by atoms with Crippen LogP contribution in [0.3, 0.4) is 0 Å². The zero-order valence-electron chi connectivity index (χ0n) is 16.1. The number of hydrogen-bond donors (Lipinski definition) is 2. The summed E-state index contributed by atoms with van der Waals surface area (Å²) in [7, 11) is 1.66. The maximum absolute atomic E-state index is 12.2. The highest BCUT2D eigenvalue weighted by Gasteiger charge is 2.11. The molecule has 1 aromatic heterocycles. The Hall–Kier alpha value is -1.84. The normalized spacial score (nSPS) is 14.5. The molecule has 0 aliphatic carbocycles. The number of anilines is 3. The van der Waals surface area contributed by atoms with Gasteiger partial charge in [-0.1, -0.05) is 35.9 Å². The molecule has 9 heteroatoms. The maximum atomic E-state index is 12.2. The third kappa shape index (κ3) is 6.65. The SMILES string of the molecule is COCCNc1nnc(SCC(=O)Nc2ccc(N3CCCCCC3)cc2)s1. The summed E-state index contributed by atoms with van der Waals surface area (Å²) in [5, 5.41) is 15.0. The number of hydrogen-bond acceptors (Lipinski definition) is 8. The van der Waals surface area contributed by atoms with Crippen LogP contribution in [0.1, 0.15) is 25.7 Å². The number of aromatic nitrogens is 2. The van der Waals surface area contributed by atoms with Gasteiger partial charge < -0.3 is 20.3 Å². The van der Waals surface area contributed by atoms with Crippen molar-refractivity contribution >= 4 is 45.5 Å². The van der Waals surface area contributed by atoms with Gasteiger partial charge in [-0.25, -0.2) is 0 Å². The van der Waals surface area contributed by atoms with Gasteiger partial charge in [0.25, 0.3) is 0 Å². The molecule has 2 N–H and O–H groups in total. The minimum absolute atomic E-state index is 0.0448. The summed E-state index contributed by atoms with van der Waals surface area (Å²) in [5.41, 5.74) is 2.06. The van der Waals surface area contributed by atoms with Crippen LogP contribution in [0.15, 0.2) is 28.6 Å². The van der Waals surface area contributed by atoms with Gasteiger partial charge in [0.05, 0.1) is 12.4 Å². The molecule has 2 aromatic rings. The second-order valence-electron chi connectivity index (χ2n) is 6.58. The van der Waals surface area contributed by atoms with Crippen LogP contribution in [-0.2, 0) is 9.53 Å². The molecule has 152 valence electrons. The van der Waals surface area contributed by atoms with E-state index in [1.165, 1.54) is 54.5 Å². The number of ether oxygens (including phenoxy) is 1. The minimum atomic E-state index is -0.0448. The number of benzene rings is 1. The Bertz CT molecular complexity index is 730. The molecule has 7 nitrogen and oxygen atoms in total. The number of methoxy groups -OCH3 is 1. The predicted molar refractivity (Wildman–Crippen MR) is 117 cm³/mol. The van der Waals surface area contributed by atoms with Crippen LogP contribution in [0.4, 0.5) is 16.5 Å². The van der Waals surface area contributed by atoms with Gasteiger partial charge in [-0.15, -0.1) is 10.2 Å². The van der Waals surface area contributed by atoms with E-state index in [-0.39, 0.29) is 5.91 Å². The van der Waals surface area contributed by atoms with Crippen molar-refractivity contribution in [1.29, 1.82) is 0 Å². The first-order chi connectivity index (χ1) is 13.7. The van der Waals surface area contributed by atoms with Crippen molar-refractivity contribution in [3.8, 4) is 0 Å². The number of rotatable bonds is 9. The predicted octanol–water partition coefficient (Wildman–Crippen LogP) is 3.71. The molecule has 2 heterocycles. The van der Waals surface area contributed by atoms with Crippen LogP contribution in [0.25, 0.3) is 0 Å². The maximum Gasteiger partial charge on any atom is 0.234 e. The van der Waals surface area contributed by atoms with Crippen LogP contribution in [0.5, 0.6) is 0 Å². The van der Waals surface area contributed by atoms with Gasteiger partial charge in [-0.05, 0) is 37.1 Å². The van der Waals surface area contributed by atoms with Gasteiger partial charge in [0.1, 0.15) is 0 Å². The van der Waals surface area contributed by atoms with E-state index in [2.05, 4.69) is 37.9 Å². The Morgan fingerprint density at radius 1 is 1.18 bits per heavy atom. The molecule has 0 atom stereocenters. The van der Waals surface area contributed by atoms with Gasteiger partial charge in [-0.2, -0.15) is 0 Å². The summed E-state index contributed by atoms with van der Waals surface area (Å²) >= 11 is 2.83. The van der Waals surface area contributed by atoms with Crippen LogP contribution in [0.2, 0.25) is 0 Å². The summed E-state index contributed by atoms with van der Waals surface area (Å²) in [4.78, 5) is 14.7. The minimum Gasteiger partial charge on any atom is -0.383 e. The van der Waals surface area contributed by atoms with E-state index in [4.69, 9.17) is 4.74 Å². The molecule has 0 bridgehead atoms. The van der Waals surface area contributed by atoms with E-state index >= 15 is 0 Å². The van der Waals surface area contributed by atoms with E-state index < -0.39 is 0 Å². The van der Waals surface area contributed by atoms with E-state index in [0.717, 1.165) is 28.2 Å². The molecule has 0 spiro atoms. The van der Waals surface area contributed by atoms with E-state index in [9.17, 15) is 4.79 Å². The smallest absolute Gasteiger partial charge is 0.234 e. The number of nitrogens with zero attached hydrogens (tertiary/aromatic N) is 3. The lowest BCUT2D eigenvalue weighted by molar-refractivity contribution is -0.113. The topological polar surface area (TPSA) is 79.4 Å². The Kier molecular flexibility index (Phi) is 8.38. The molecular weight excluding hydrogens is 394 g/mol. The Morgan fingerprint density at radius 3 is 2.64 bits per heavy atom. The zero-order valence-corrected chi connectivity index (χ0v) is 17.8. The van der Waals surface area contributed by atoms with Crippen molar-refractivity contribution in [2.24, 2.45) is 0 Å². The van der Waals surface area contributed by atoms with E-state index in [1.54, 1.807) is 7.11 Å². The second kappa shape index (κ2) is 11.2. The van der Waals surface area contributed by atoms with Crippen molar-refractivity contribution in [1.82, 2.24) is 10.2 Å². The molecular formula is C19H27N5O2S2. The summed E-state index contributed by atoms with van der Waals surface area (Å²) in [5.74, 6) is 0.261. The first kappa shape index (κ1) is 20.9. The van der Waals surface area contributed by atoms with E-state index in [0.29, 0.717) is 18.9 Å². The fraction of sp³-hybridized carbons (Fsp3) is 0.526. The highest BCUT2D eigenvalue weighted by Crippen LogP contribution is 2.26. The molecule has 28 heavy (non-hydrogen) atoms. The summed E-state index contributed by atoms with van der Waals surface area (Å²) < 4.78 is 5.76. The first-order valence-electron chi connectivity index (χ1n) is 9.58. The molecule has 1 aliphatic rings. The third-order valence-corrected chi connectivity index (χ3v) is 6.45. The lowest BCUT2D eigenvalue weighted by Crippen LogP contribution is -2.23. The number of thioether (sulfide) groups is 1. The molecule has 0 unspecified atom stereocenters. The van der Waals surface area contributed by atoms with Crippen molar-refractivity contribution in [2.75, 3.05) is 54.6 Å². The molecule has 0 saturated carbocycles. The van der Waals surface area contributed by atoms with Crippen molar-refractivity contribution in [2.45, 2.75) is 30.0 Å². The highest BCUT2D eigenvalue weighted by molar-refractivity contribution is 8.01.